The van der Waals surface area contributed by atoms with Gasteiger partial charge in [0, 0.05) is 19.0 Å². The zero-order valence-electron chi connectivity index (χ0n) is 15.7. The molecule has 28 heavy (non-hydrogen) atoms. The zero-order valence-corrected chi connectivity index (χ0v) is 16.5. The summed E-state index contributed by atoms with van der Waals surface area (Å²) < 4.78 is 70.0. The van der Waals surface area contributed by atoms with Crippen molar-refractivity contribution in [3.8, 4) is 0 Å². The summed E-state index contributed by atoms with van der Waals surface area (Å²) in [6, 6.07) is 8.37. The summed E-state index contributed by atoms with van der Waals surface area (Å²) in [6.45, 7) is 4.96. The van der Waals surface area contributed by atoms with E-state index in [4.69, 9.17) is 4.74 Å². The minimum absolute atomic E-state index is 0.130. The molecule has 0 unspecified atom stereocenters. The first-order valence-corrected chi connectivity index (χ1v) is 9.93. The normalized spacial score (nSPS) is 18.4. The van der Waals surface area contributed by atoms with Crippen LogP contribution in [0.25, 0.3) is 0 Å². The summed E-state index contributed by atoms with van der Waals surface area (Å²) in [7, 11) is -5.76. The van der Waals surface area contributed by atoms with E-state index in [-0.39, 0.29) is 18.7 Å². The fourth-order valence-electron chi connectivity index (χ4n) is 2.64. The van der Waals surface area contributed by atoms with E-state index >= 15 is 0 Å². The Bertz CT molecular complexity index is 829. The smallest absolute Gasteiger partial charge is 0.444 e. The molecule has 1 aliphatic rings. The molecule has 0 aromatic heterocycles. The summed E-state index contributed by atoms with van der Waals surface area (Å²) in [5.74, 6) is -0.349. The van der Waals surface area contributed by atoms with Crippen LogP contribution in [0.3, 0.4) is 0 Å². The minimum atomic E-state index is -5.76. The maximum Gasteiger partial charge on any atom is 0.534 e. The van der Waals surface area contributed by atoms with Crippen molar-refractivity contribution in [2.45, 2.75) is 50.8 Å². The molecular weight excluding hydrogens is 399 g/mol. The number of halogens is 3. The quantitative estimate of drug-likeness (QED) is 0.543. The number of alkyl halides is 3. The highest BCUT2D eigenvalue weighted by atomic mass is 32.2. The summed E-state index contributed by atoms with van der Waals surface area (Å²) in [6.07, 6.45) is 0.618. The van der Waals surface area contributed by atoms with E-state index in [1.807, 2.05) is 0 Å². The highest BCUT2D eigenvalue weighted by Gasteiger charge is 2.49. The number of benzene rings is 1. The van der Waals surface area contributed by atoms with Gasteiger partial charge in [0.05, 0.1) is 0 Å². The lowest BCUT2D eigenvalue weighted by atomic mass is 9.98. The monoisotopic (exact) mass is 421 g/mol. The first-order valence-electron chi connectivity index (χ1n) is 8.52. The number of hydrogen-bond donors (Lipinski definition) is 0. The van der Waals surface area contributed by atoms with E-state index < -0.39 is 33.4 Å². The van der Waals surface area contributed by atoms with Crippen LogP contribution in [0.15, 0.2) is 42.2 Å². The molecule has 0 aliphatic carbocycles. The van der Waals surface area contributed by atoms with Gasteiger partial charge in [0.15, 0.2) is 0 Å². The van der Waals surface area contributed by atoms with Crippen LogP contribution >= 0.6 is 0 Å². The molecule has 1 amide bonds. The fraction of sp³-hybridized carbons (Fsp3) is 0.500. The second-order valence-corrected chi connectivity index (χ2v) is 8.87. The minimum Gasteiger partial charge on any atom is -0.444 e. The van der Waals surface area contributed by atoms with Crippen molar-refractivity contribution in [3.63, 3.8) is 0 Å². The van der Waals surface area contributed by atoms with Crippen molar-refractivity contribution in [1.82, 2.24) is 4.90 Å². The molecule has 1 atom stereocenters. The molecule has 156 valence electrons. The molecule has 6 nitrogen and oxygen atoms in total. The summed E-state index contributed by atoms with van der Waals surface area (Å²) >= 11 is 0. The number of rotatable bonds is 4. The molecule has 0 N–H and O–H groups in total. The lowest BCUT2D eigenvalue weighted by Crippen LogP contribution is -2.47. The number of ether oxygens (including phenoxy) is 1. The van der Waals surface area contributed by atoms with E-state index in [0.29, 0.717) is 6.42 Å². The predicted octanol–water partition coefficient (Wildman–Crippen LogP) is 3.99. The molecule has 2 rings (SSSR count). The van der Waals surface area contributed by atoms with E-state index in [1.54, 1.807) is 51.1 Å². The molecule has 1 aromatic rings. The van der Waals surface area contributed by atoms with E-state index in [9.17, 15) is 26.4 Å². The van der Waals surface area contributed by atoms with Crippen molar-refractivity contribution >= 4 is 16.2 Å². The van der Waals surface area contributed by atoms with Gasteiger partial charge in [0.25, 0.3) is 0 Å². The first-order chi connectivity index (χ1) is 12.8. The van der Waals surface area contributed by atoms with Crippen LogP contribution in [-0.4, -0.2) is 43.1 Å². The number of carbonyl (C=O) groups excluding carboxylic acids is 1. The van der Waals surface area contributed by atoms with Crippen LogP contribution < -0.4 is 0 Å². The number of hydrogen-bond acceptors (Lipinski definition) is 5. The van der Waals surface area contributed by atoms with E-state index in [2.05, 4.69) is 4.18 Å². The summed E-state index contributed by atoms with van der Waals surface area (Å²) in [4.78, 5) is 13.9. The standard InChI is InChI=1S/C18H22F3NO5S/c1-17(2,3)26-16(23)22-10-9-15(27-28(24,25)18(19,20)21)12-14(22)11-13-7-5-4-6-8-13/h4-9,14H,10-12H2,1-3H3/t14-/m0/s1. The molecule has 0 saturated carbocycles. The van der Waals surface area contributed by atoms with Crippen LogP contribution in [0.5, 0.6) is 0 Å². The Kier molecular flexibility index (Phi) is 6.32. The summed E-state index contributed by atoms with van der Waals surface area (Å²) in [5.41, 5.74) is -5.44. The Morgan fingerprint density at radius 2 is 1.79 bits per heavy atom. The highest BCUT2D eigenvalue weighted by Crippen LogP contribution is 2.31. The third-order valence-corrected chi connectivity index (χ3v) is 4.84. The molecule has 1 aliphatic heterocycles. The maximum absolute atomic E-state index is 12.6. The zero-order chi connectivity index (χ0) is 21.2. The van der Waals surface area contributed by atoms with Gasteiger partial charge in [-0.3, -0.25) is 0 Å². The van der Waals surface area contributed by atoms with E-state index in [1.165, 1.54) is 4.90 Å². The van der Waals surface area contributed by atoms with Gasteiger partial charge >= 0.3 is 21.7 Å². The molecule has 0 bridgehead atoms. The van der Waals surface area contributed by atoms with Crippen molar-refractivity contribution in [1.29, 1.82) is 0 Å². The van der Waals surface area contributed by atoms with Gasteiger partial charge in [-0.2, -0.15) is 21.6 Å². The largest absolute Gasteiger partial charge is 0.534 e. The van der Waals surface area contributed by atoms with Gasteiger partial charge in [-0.25, -0.2) is 4.79 Å². The number of amides is 1. The van der Waals surface area contributed by atoms with Crippen molar-refractivity contribution in [2.24, 2.45) is 0 Å². The third-order valence-electron chi connectivity index (χ3n) is 3.84. The van der Waals surface area contributed by atoms with Crippen LogP contribution in [0, 0.1) is 0 Å². The third kappa shape index (κ3) is 5.88. The lowest BCUT2D eigenvalue weighted by molar-refractivity contribution is -0.0528. The van der Waals surface area contributed by atoms with Crippen molar-refractivity contribution < 1.29 is 35.3 Å². The van der Waals surface area contributed by atoms with Crippen LogP contribution in [-0.2, 0) is 25.5 Å². The molecule has 0 fully saturated rings. The molecule has 1 aromatic carbocycles. The van der Waals surface area contributed by atoms with Crippen molar-refractivity contribution in [2.75, 3.05) is 6.54 Å². The Balaban J connectivity index is 2.25. The van der Waals surface area contributed by atoms with Gasteiger partial charge < -0.3 is 13.8 Å². The van der Waals surface area contributed by atoms with Gasteiger partial charge in [-0.1, -0.05) is 30.3 Å². The first kappa shape index (κ1) is 22.1. The predicted molar refractivity (Wildman–Crippen MR) is 95.6 cm³/mol. The molecule has 0 radical (unpaired) electrons. The molecule has 10 heteroatoms. The SMILES string of the molecule is CC(C)(C)OC(=O)N1CC=C(OS(=O)(=O)C(F)(F)F)C[C@@H]1Cc1ccccc1. The molecule has 0 saturated heterocycles. The fourth-order valence-corrected chi connectivity index (χ4v) is 3.16. The van der Waals surface area contributed by atoms with Crippen molar-refractivity contribution in [3.05, 3.63) is 47.7 Å². The Labute approximate surface area is 162 Å². The number of carbonyl (C=O) groups is 1. The van der Waals surface area contributed by atoms with Gasteiger partial charge in [-0.05, 0) is 38.8 Å². The Morgan fingerprint density at radius 1 is 1.18 bits per heavy atom. The highest BCUT2D eigenvalue weighted by molar-refractivity contribution is 7.87. The molecule has 0 spiro atoms. The maximum atomic E-state index is 12.6. The summed E-state index contributed by atoms with van der Waals surface area (Å²) in [5, 5.41) is 0. The van der Waals surface area contributed by atoms with Gasteiger partial charge in [0.1, 0.15) is 11.4 Å². The second-order valence-electron chi connectivity index (χ2n) is 7.33. The Hall–Kier alpha value is -2.23. The topological polar surface area (TPSA) is 72.9 Å². The lowest BCUT2D eigenvalue weighted by Gasteiger charge is -2.36. The Morgan fingerprint density at radius 3 is 2.32 bits per heavy atom. The second kappa shape index (κ2) is 8.02. The molecular formula is C18H22F3NO5S. The number of nitrogens with zero attached hydrogens (tertiary/aromatic N) is 1. The molecule has 1 heterocycles. The van der Waals surface area contributed by atoms with E-state index in [0.717, 1.165) is 11.6 Å². The van der Waals surface area contributed by atoms with Crippen LogP contribution in [0.4, 0.5) is 18.0 Å². The van der Waals surface area contributed by atoms with Crippen LogP contribution in [0.2, 0.25) is 0 Å². The average molecular weight is 421 g/mol. The average Bonchev–Trinajstić information content (AvgIpc) is 2.53. The van der Waals surface area contributed by atoms with Gasteiger partial charge in [-0.15, -0.1) is 0 Å². The van der Waals surface area contributed by atoms with Crippen LogP contribution in [0.1, 0.15) is 32.8 Å². The van der Waals surface area contributed by atoms with Gasteiger partial charge in [0.2, 0.25) is 0 Å².